The summed E-state index contributed by atoms with van der Waals surface area (Å²) >= 11 is 4.72. The molecule has 2 aromatic rings. The quantitative estimate of drug-likeness (QED) is 0.675. The molecule has 1 N–H and O–H groups in total. The molecule has 0 bridgehead atoms. The second-order valence-corrected chi connectivity index (χ2v) is 5.69. The highest BCUT2D eigenvalue weighted by Gasteiger charge is 2.14. The molecule has 98 valence electrons. The summed E-state index contributed by atoms with van der Waals surface area (Å²) in [4.78, 5) is 12.0. The number of para-hydroxylation sites is 1. The van der Waals surface area contributed by atoms with Gasteiger partial charge < -0.3 is 5.11 Å². The lowest BCUT2D eigenvalue weighted by Crippen LogP contribution is -1.90. The van der Waals surface area contributed by atoms with Crippen molar-refractivity contribution in [3.05, 3.63) is 62.6 Å². The van der Waals surface area contributed by atoms with E-state index in [-0.39, 0.29) is 12.3 Å². The molecule has 0 aliphatic heterocycles. The Balaban J connectivity index is 2.34. The van der Waals surface area contributed by atoms with Crippen molar-refractivity contribution < 1.29 is 10.0 Å². The summed E-state index contributed by atoms with van der Waals surface area (Å²) in [5.74, 6) is 0. The monoisotopic (exact) mass is 339 g/mol. The maximum Gasteiger partial charge on any atom is 0.283 e. The van der Waals surface area contributed by atoms with E-state index in [4.69, 9.17) is 5.11 Å². The average Bonchev–Trinajstić information content (AvgIpc) is 2.41. The molecule has 0 aromatic heterocycles. The molecule has 0 radical (unpaired) electrons. The van der Waals surface area contributed by atoms with Gasteiger partial charge in [0.15, 0.2) is 0 Å². The molecule has 0 heterocycles. The third-order valence-corrected chi connectivity index (χ3v) is 4.52. The summed E-state index contributed by atoms with van der Waals surface area (Å²) in [6.07, 6.45) is 0. The van der Waals surface area contributed by atoms with E-state index in [1.807, 2.05) is 6.07 Å². The van der Waals surface area contributed by atoms with E-state index in [1.165, 1.54) is 17.8 Å². The number of nitro groups is 1. The Morgan fingerprint density at radius 1 is 1.21 bits per heavy atom. The van der Waals surface area contributed by atoms with Gasteiger partial charge in [-0.05, 0) is 39.7 Å². The summed E-state index contributed by atoms with van der Waals surface area (Å²) < 4.78 is 0.808. The molecular weight excluding hydrogens is 330 g/mol. The number of nitrogens with zero attached hydrogens (tertiary/aromatic N) is 1. The molecule has 0 unspecified atom stereocenters. The predicted molar refractivity (Wildman–Crippen MR) is 77.3 cm³/mol. The fourth-order valence-corrected chi connectivity index (χ4v) is 3.13. The third-order valence-electron chi connectivity index (χ3n) is 2.46. The van der Waals surface area contributed by atoms with Crippen molar-refractivity contribution in [3.63, 3.8) is 0 Å². The first-order valence-corrected chi connectivity index (χ1v) is 7.03. The van der Waals surface area contributed by atoms with Gasteiger partial charge in [0.2, 0.25) is 0 Å². The summed E-state index contributed by atoms with van der Waals surface area (Å²) in [5.41, 5.74) is 0.879. The van der Waals surface area contributed by atoms with Crippen LogP contribution in [0.3, 0.4) is 0 Å². The number of benzene rings is 2. The van der Waals surface area contributed by atoms with Crippen molar-refractivity contribution in [2.24, 2.45) is 0 Å². The van der Waals surface area contributed by atoms with Crippen molar-refractivity contribution in [2.75, 3.05) is 0 Å². The fourth-order valence-electron chi connectivity index (χ4n) is 1.54. The van der Waals surface area contributed by atoms with Gasteiger partial charge in [-0.1, -0.05) is 30.0 Å². The number of hydrogen-bond acceptors (Lipinski definition) is 4. The van der Waals surface area contributed by atoms with Crippen LogP contribution in [-0.4, -0.2) is 10.0 Å². The highest BCUT2D eigenvalue weighted by Crippen LogP contribution is 2.38. The van der Waals surface area contributed by atoms with Crippen LogP contribution in [0.15, 0.2) is 56.7 Å². The Morgan fingerprint density at radius 2 is 1.95 bits per heavy atom. The Bertz CT molecular complexity index is 619. The van der Waals surface area contributed by atoms with Crippen LogP contribution in [0.5, 0.6) is 0 Å². The zero-order valence-corrected chi connectivity index (χ0v) is 12.1. The van der Waals surface area contributed by atoms with Crippen molar-refractivity contribution in [1.29, 1.82) is 0 Å². The fraction of sp³-hybridized carbons (Fsp3) is 0.0769. The Hall–Kier alpha value is -1.37. The van der Waals surface area contributed by atoms with Crippen LogP contribution in [0.4, 0.5) is 5.69 Å². The lowest BCUT2D eigenvalue weighted by molar-refractivity contribution is -0.387. The molecule has 0 aliphatic carbocycles. The molecule has 0 fully saturated rings. The molecule has 0 spiro atoms. The van der Waals surface area contributed by atoms with E-state index in [2.05, 4.69) is 15.9 Å². The molecule has 2 rings (SSSR count). The van der Waals surface area contributed by atoms with Crippen LogP contribution in [-0.2, 0) is 6.61 Å². The molecule has 0 amide bonds. The second kappa shape index (κ2) is 6.18. The first kappa shape index (κ1) is 14.0. The minimum atomic E-state index is -0.391. The molecule has 0 saturated carbocycles. The Kier molecular flexibility index (Phi) is 4.57. The molecule has 4 nitrogen and oxygen atoms in total. The normalized spacial score (nSPS) is 10.4. The summed E-state index contributed by atoms with van der Waals surface area (Å²) in [7, 11) is 0. The number of nitro benzene ring substituents is 1. The maximum absolute atomic E-state index is 10.9. The smallest absolute Gasteiger partial charge is 0.283 e. The molecule has 19 heavy (non-hydrogen) atoms. The van der Waals surface area contributed by atoms with E-state index in [0.29, 0.717) is 4.90 Å². The molecular formula is C13H10BrNO3S. The largest absolute Gasteiger partial charge is 0.392 e. The van der Waals surface area contributed by atoms with Crippen molar-refractivity contribution in [2.45, 2.75) is 16.4 Å². The van der Waals surface area contributed by atoms with Crippen LogP contribution in [0.25, 0.3) is 0 Å². The van der Waals surface area contributed by atoms with Gasteiger partial charge in [-0.3, -0.25) is 10.1 Å². The van der Waals surface area contributed by atoms with Gasteiger partial charge in [0.25, 0.3) is 5.69 Å². The highest BCUT2D eigenvalue weighted by molar-refractivity contribution is 9.10. The lowest BCUT2D eigenvalue weighted by atomic mass is 10.2. The van der Waals surface area contributed by atoms with Gasteiger partial charge in [-0.15, -0.1) is 0 Å². The van der Waals surface area contributed by atoms with Gasteiger partial charge in [0.1, 0.15) is 0 Å². The first-order valence-electron chi connectivity index (χ1n) is 5.42. The van der Waals surface area contributed by atoms with Gasteiger partial charge in [0.05, 0.1) is 16.4 Å². The minimum absolute atomic E-state index is 0.0327. The predicted octanol–water partition coefficient (Wildman–Crippen LogP) is 4.00. The van der Waals surface area contributed by atoms with Crippen molar-refractivity contribution in [3.8, 4) is 0 Å². The summed E-state index contributed by atoms with van der Waals surface area (Å²) in [6.45, 7) is -0.0327. The molecule has 0 aliphatic rings. The van der Waals surface area contributed by atoms with Gasteiger partial charge >= 0.3 is 0 Å². The van der Waals surface area contributed by atoms with Crippen molar-refractivity contribution in [1.82, 2.24) is 0 Å². The Labute approximate surface area is 122 Å². The number of halogens is 1. The molecule has 2 aromatic carbocycles. The van der Waals surface area contributed by atoms with E-state index < -0.39 is 4.92 Å². The van der Waals surface area contributed by atoms with E-state index in [1.54, 1.807) is 30.3 Å². The topological polar surface area (TPSA) is 63.4 Å². The average molecular weight is 340 g/mol. The number of rotatable bonds is 4. The van der Waals surface area contributed by atoms with Crippen LogP contribution < -0.4 is 0 Å². The molecule has 0 saturated heterocycles. The standard InChI is InChI=1S/C13H10BrNO3S/c14-10-7-9(8-16)5-6-12(10)19-13-4-2-1-3-11(13)15(17)18/h1-7,16H,8H2. The first-order chi connectivity index (χ1) is 9.11. The summed E-state index contributed by atoms with van der Waals surface area (Å²) in [6, 6.07) is 12.0. The second-order valence-electron chi connectivity index (χ2n) is 3.75. The van der Waals surface area contributed by atoms with Crippen LogP contribution in [0, 0.1) is 10.1 Å². The van der Waals surface area contributed by atoms with E-state index >= 15 is 0 Å². The van der Waals surface area contributed by atoms with Gasteiger partial charge in [-0.25, -0.2) is 0 Å². The maximum atomic E-state index is 10.9. The van der Waals surface area contributed by atoms with E-state index in [0.717, 1.165) is 14.9 Å². The van der Waals surface area contributed by atoms with Gasteiger partial charge in [0, 0.05) is 15.4 Å². The molecule has 0 atom stereocenters. The molecule has 6 heteroatoms. The summed E-state index contributed by atoms with van der Waals surface area (Å²) in [5, 5.41) is 20.0. The SMILES string of the molecule is O=[N+]([O-])c1ccccc1Sc1ccc(CO)cc1Br. The van der Waals surface area contributed by atoms with Crippen LogP contribution >= 0.6 is 27.7 Å². The number of aliphatic hydroxyl groups is 1. The van der Waals surface area contributed by atoms with Crippen molar-refractivity contribution >= 4 is 33.4 Å². The van der Waals surface area contributed by atoms with Crippen LogP contribution in [0.2, 0.25) is 0 Å². The minimum Gasteiger partial charge on any atom is -0.392 e. The number of hydrogen-bond donors (Lipinski definition) is 1. The zero-order valence-electron chi connectivity index (χ0n) is 9.75. The lowest BCUT2D eigenvalue weighted by Gasteiger charge is -2.06. The van der Waals surface area contributed by atoms with Crippen LogP contribution in [0.1, 0.15) is 5.56 Å². The number of aliphatic hydroxyl groups excluding tert-OH is 1. The van der Waals surface area contributed by atoms with E-state index in [9.17, 15) is 10.1 Å². The third kappa shape index (κ3) is 3.34. The van der Waals surface area contributed by atoms with Gasteiger partial charge in [-0.2, -0.15) is 0 Å². The zero-order chi connectivity index (χ0) is 13.8. The highest BCUT2D eigenvalue weighted by atomic mass is 79.9. The Morgan fingerprint density at radius 3 is 2.58 bits per heavy atom.